The second-order valence-corrected chi connectivity index (χ2v) is 1.52. The van der Waals surface area contributed by atoms with Crippen LogP contribution in [-0.2, 0) is 16.3 Å². The van der Waals surface area contributed by atoms with Crippen molar-refractivity contribution in [1.82, 2.24) is 0 Å². The summed E-state index contributed by atoms with van der Waals surface area (Å²) in [4.78, 5) is 0. The van der Waals surface area contributed by atoms with Crippen molar-refractivity contribution in [1.29, 1.82) is 5.26 Å². The number of nitrogens with zero attached hydrogens (tertiary/aromatic N) is 1. The zero-order valence-corrected chi connectivity index (χ0v) is 10.2. The second-order valence-electron chi connectivity index (χ2n) is 1.52. The van der Waals surface area contributed by atoms with Crippen LogP contribution in [0.3, 0.4) is 0 Å². The molecule has 0 amide bonds. The molecule has 0 unspecified atom stereocenters. The van der Waals surface area contributed by atoms with E-state index in [1.54, 1.807) is 6.07 Å². The van der Waals surface area contributed by atoms with E-state index in [1.165, 1.54) is 28.5 Å². The van der Waals surface area contributed by atoms with Crippen molar-refractivity contribution in [3.05, 3.63) is 35.6 Å². The fourth-order valence-electron chi connectivity index (χ4n) is 0.501. The van der Waals surface area contributed by atoms with Gasteiger partial charge in [0.05, 0.1) is 6.07 Å². The van der Waals surface area contributed by atoms with Crippen molar-refractivity contribution in [2.75, 3.05) is 0 Å². The molecular weight excluding hydrogens is 262 g/mol. The SMILES string of the molecule is N#Cc1cc[c-]cc1F.[Zn+][Br]. The Morgan fingerprint density at radius 3 is 2.64 bits per heavy atom. The Labute approximate surface area is 81.3 Å². The molecule has 0 aliphatic heterocycles. The van der Waals surface area contributed by atoms with Gasteiger partial charge in [0.25, 0.3) is 0 Å². The molecule has 0 heterocycles. The maximum atomic E-state index is 12.3. The molecule has 4 heteroatoms. The summed E-state index contributed by atoms with van der Waals surface area (Å²) < 4.78 is 12.3. The molecule has 1 nitrogen and oxygen atoms in total. The van der Waals surface area contributed by atoms with Crippen molar-refractivity contribution in [2.45, 2.75) is 0 Å². The molecule has 1 rings (SSSR count). The van der Waals surface area contributed by atoms with Crippen molar-refractivity contribution in [3.63, 3.8) is 0 Å². The van der Waals surface area contributed by atoms with E-state index in [0.29, 0.717) is 0 Å². The number of hydrogen-bond acceptors (Lipinski definition) is 1. The third kappa shape index (κ3) is 3.60. The Kier molecular flexibility index (Phi) is 6.30. The molecule has 1 aromatic carbocycles. The molecule has 0 saturated heterocycles. The maximum absolute atomic E-state index is 12.3. The summed E-state index contributed by atoms with van der Waals surface area (Å²) in [6.45, 7) is 0. The minimum atomic E-state index is -0.514. The first kappa shape index (κ1) is 10.7. The van der Waals surface area contributed by atoms with Gasteiger partial charge in [0.2, 0.25) is 0 Å². The third-order valence-electron chi connectivity index (χ3n) is 0.934. The van der Waals surface area contributed by atoms with E-state index in [-0.39, 0.29) is 5.56 Å². The number of rotatable bonds is 0. The molecule has 0 aliphatic carbocycles. The first-order valence-electron chi connectivity index (χ1n) is 2.67. The van der Waals surface area contributed by atoms with Crippen LogP contribution in [0.5, 0.6) is 0 Å². The summed E-state index contributed by atoms with van der Waals surface area (Å²) in [7, 11) is 0. The van der Waals surface area contributed by atoms with Gasteiger partial charge in [0, 0.05) is 5.82 Å². The minimum absolute atomic E-state index is 0.0637. The van der Waals surface area contributed by atoms with E-state index >= 15 is 0 Å². The molecule has 1 aromatic rings. The summed E-state index contributed by atoms with van der Waals surface area (Å²) in [6, 6.07) is 8.23. The first-order chi connectivity index (χ1) is 5.34. The molecular formula is C7H3BrFNZn. The summed E-state index contributed by atoms with van der Waals surface area (Å²) in [5.41, 5.74) is 0.0637. The molecule has 0 saturated carbocycles. The molecule has 52 valence electrons. The van der Waals surface area contributed by atoms with Gasteiger partial charge in [-0.05, 0) is 5.56 Å². The van der Waals surface area contributed by atoms with E-state index < -0.39 is 5.82 Å². The molecule has 11 heavy (non-hydrogen) atoms. The van der Waals surface area contributed by atoms with Crippen LogP contribution < -0.4 is 0 Å². The van der Waals surface area contributed by atoms with Crippen molar-refractivity contribution in [3.8, 4) is 6.07 Å². The topological polar surface area (TPSA) is 23.8 Å². The van der Waals surface area contributed by atoms with E-state index in [0.717, 1.165) is 6.07 Å². The Hall–Kier alpha value is -0.257. The van der Waals surface area contributed by atoms with Crippen molar-refractivity contribution < 1.29 is 20.7 Å². The number of hydrogen-bond donors (Lipinski definition) is 0. The molecule has 0 fully saturated rings. The van der Waals surface area contributed by atoms with Crippen LogP contribution in [0.15, 0.2) is 18.2 Å². The number of benzene rings is 1. The van der Waals surface area contributed by atoms with Crippen LogP contribution in [0, 0.1) is 23.2 Å². The Bertz CT molecular complexity index is 259. The quantitative estimate of drug-likeness (QED) is 0.522. The number of halogens is 2. The van der Waals surface area contributed by atoms with Crippen LogP contribution in [0.2, 0.25) is 0 Å². The van der Waals surface area contributed by atoms with Gasteiger partial charge in [-0.25, -0.2) is 0 Å². The standard InChI is InChI=1S/C7H3FN.BrH.Zn/c8-7-4-2-1-3-6(7)5-9;;/h1,3-4H;1H;/q-1;;+2/p-1. The van der Waals surface area contributed by atoms with Crippen LogP contribution in [-0.4, -0.2) is 0 Å². The normalized spacial score (nSPS) is 7.55. The number of nitriles is 1. The van der Waals surface area contributed by atoms with Gasteiger partial charge >= 0.3 is 30.0 Å². The monoisotopic (exact) mass is 263 g/mol. The van der Waals surface area contributed by atoms with Crippen molar-refractivity contribution >= 4 is 13.6 Å². The van der Waals surface area contributed by atoms with Crippen LogP contribution in [0.4, 0.5) is 4.39 Å². The fourth-order valence-corrected chi connectivity index (χ4v) is 0.501. The van der Waals surface area contributed by atoms with E-state index in [2.05, 4.69) is 19.7 Å². The molecule has 0 aliphatic rings. The first-order valence-corrected chi connectivity index (χ1v) is 9.62. The van der Waals surface area contributed by atoms with Gasteiger partial charge < -0.3 is 0 Å². The zero-order valence-electron chi connectivity index (χ0n) is 5.64. The predicted molar refractivity (Wildman–Crippen MR) is 38.9 cm³/mol. The van der Waals surface area contributed by atoms with Crippen LogP contribution in [0.25, 0.3) is 0 Å². The summed E-state index contributed by atoms with van der Waals surface area (Å²) in [6.07, 6.45) is 0. The predicted octanol–water partition coefficient (Wildman–Crippen LogP) is 2.34. The summed E-state index contributed by atoms with van der Waals surface area (Å²) in [5, 5.41) is 8.21. The Morgan fingerprint density at radius 1 is 1.64 bits per heavy atom. The van der Waals surface area contributed by atoms with E-state index in [9.17, 15) is 4.39 Å². The summed E-state index contributed by atoms with van der Waals surface area (Å²) >= 11 is 4.25. The fraction of sp³-hybridized carbons (Fsp3) is 0. The van der Waals surface area contributed by atoms with Gasteiger partial charge in [-0.3, -0.25) is 4.39 Å². The average Bonchev–Trinajstić information content (AvgIpc) is 2.09. The van der Waals surface area contributed by atoms with Crippen LogP contribution in [0.1, 0.15) is 5.56 Å². The van der Waals surface area contributed by atoms with Gasteiger partial charge in [-0.15, -0.1) is 6.07 Å². The zero-order chi connectivity index (χ0) is 8.69. The summed E-state index contributed by atoms with van der Waals surface area (Å²) in [5.74, 6) is -0.514. The molecule has 0 radical (unpaired) electrons. The molecule has 0 N–H and O–H groups in total. The van der Waals surface area contributed by atoms with Crippen molar-refractivity contribution in [2.24, 2.45) is 0 Å². The van der Waals surface area contributed by atoms with Gasteiger partial charge in [-0.1, -0.05) is 0 Å². The van der Waals surface area contributed by atoms with Gasteiger partial charge in [-0.2, -0.15) is 23.5 Å². The van der Waals surface area contributed by atoms with Crippen LogP contribution >= 0.6 is 13.6 Å². The molecule has 0 spiro atoms. The Balaban J connectivity index is 0.000000461. The van der Waals surface area contributed by atoms with E-state index in [1.807, 2.05) is 0 Å². The third-order valence-corrected chi connectivity index (χ3v) is 0.934. The molecule has 0 aromatic heterocycles. The van der Waals surface area contributed by atoms with Gasteiger partial charge in [0.1, 0.15) is 0 Å². The molecule has 0 atom stereocenters. The Morgan fingerprint density at radius 2 is 2.27 bits per heavy atom. The molecule has 0 bridgehead atoms. The van der Waals surface area contributed by atoms with E-state index in [4.69, 9.17) is 5.26 Å². The average molecular weight is 265 g/mol. The van der Waals surface area contributed by atoms with Gasteiger partial charge in [0.15, 0.2) is 0 Å². The second kappa shape index (κ2) is 6.45.